The number of carbonyl (C=O) groups excluding carboxylic acids is 1. The van der Waals surface area contributed by atoms with Crippen molar-refractivity contribution in [1.29, 1.82) is 0 Å². The van der Waals surface area contributed by atoms with E-state index >= 15 is 0 Å². The molecule has 0 fully saturated rings. The summed E-state index contributed by atoms with van der Waals surface area (Å²) in [5.74, 6) is 0.136. The largest absolute Gasteiger partial charge is 0.323 e. The van der Waals surface area contributed by atoms with Crippen molar-refractivity contribution >= 4 is 34.1 Å². The molecule has 1 aromatic carbocycles. The number of aryl methyl sites for hydroxylation is 1. The highest BCUT2D eigenvalue weighted by molar-refractivity contribution is 6.35. The number of amides is 1. The number of nitrogens with one attached hydrogen (secondary N) is 1. The minimum Gasteiger partial charge on any atom is -0.323 e. The van der Waals surface area contributed by atoms with Crippen molar-refractivity contribution < 1.29 is 4.79 Å². The van der Waals surface area contributed by atoms with E-state index in [9.17, 15) is 4.79 Å². The summed E-state index contributed by atoms with van der Waals surface area (Å²) in [5, 5.41) is 4.17. The van der Waals surface area contributed by atoms with Crippen LogP contribution in [0.2, 0.25) is 5.02 Å². The van der Waals surface area contributed by atoms with Crippen LogP contribution in [0.15, 0.2) is 24.4 Å². The van der Waals surface area contributed by atoms with Crippen LogP contribution in [0.1, 0.15) is 25.8 Å². The summed E-state index contributed by atoms with van der Waals surface area (Å²) >= 11 is 6.28. The summed E-state index contributed by atoms with van der Waals surface area (Å²) in [6.45, 7) is 6.01. The number of hydrogen-bond acceptors (Lipinski definition) is 3. The number of nitrogens with two attached hydrogens (primary N) is 1. The van der Waals surface area contributed by atoms with E-state index in [-0.39, 0.29) is 5.91 Å². The van der Waals surface area contributed by atoms with Gasteiger partial charge in [-0.1, -0.05) is 25.4 Å². The van der Waals surface area contributed by atoms with Crippen molar-refractivity contribution in [3.05, 3.63) is 35.0 Å². The smallest absolute Gasteiger partial charge is 0.241 e. The van der Waals surface area contributed by atoms with E-state index in [1.165, 1.54) is 0 Å². The normalized spacial score (nSPS) is 12.7. The molecule has 4 nitrogen and oxygen atoms in total. The van der Waals surface area contributed by atoms with Crippen molar-refractivity contribution in [2.75, 3.05) is 5.32 Å². The molecular weight excluding hydrogens is 286 g/mol. The van der Waals surface area contributed by atoms with Gasteiger partial charge in [0.15, 0.2) is 0 Å². The van der Waals surface area contributed by atoms with Gasteiger partial charge < -0.3 is 11.1 Å². The van der Waals surface area contributed by atoms with Gasteiger partial charge in [-0.15, -0.1) is 0 Å². The average Bonchev–Trinajstić information content (AvgIpc) is 2.42. The van der Waals surface area contributed by atoms with Gasteiger partial charge in [0.05, 0.1) is 22.3 Å². The predicted molar refractivity (Wildman–Crippen MR) is 87.6 cm³/mol. The Morgan fingerprint density at radius 2 is 2.19 bits per heavy atom. The maximum atomic E-state index is 12.2. The second-order valence-electron chi connectivity index (χ2n) is 5.68. The number of rotatable bonds is 4. The molecule has 1 amide bonds. The van der Waals surface area contributed by atoms with E-state index in [2.05, 4.69) is 10.3 Å². The first-order valence-electron chi connectivity index (χ1n) is 7.00. The van der Waals surface area contributed by atoms with Crippen LogP contribution in [0.4, 0.5) is 5.69 Å². The van der Waals surface area contributed by atoms with Crippen molar-refractivity contribution in [1.82, 2.24) is 4.98 Å². The predicted octanol–water partition coefficient (Wildman–Crippen LogP) is 3.51. The molecule has 0 saturated carbocycles. The Morgan fingerprint density at radius 1 is 1.48 bits per heavy atom. The van der Waals surface area contributed by atoms with E-state index in [1.54, 1.807) is 12.3 Å². The molecule has 0 saturated heterocycles. The number of aromatic nitrogens is 1. The van der Waals surface area contributed by atoms with Gasteiger partial charge in [-0.25, -0.2) is 0 Å². The lowest BCUT2D eigenvalue weighted by molar-refractivity contribution is -0.117. The summed E-state index contributed by atoms with van der Waals surface area (Å²) in [4.78, 5) is 16.6. The maximum absolute atomic E-state index is 12.2. The number of carbonyl (C=O) groups is 1. The second kappa shape index (κ2) is 6.41. The zero-order valence-electron chi connectivity index (χ0n) is 12.5. The Labute approximate surface area is 129 Å². The van der Waals surface area contributed by atoms with Crippen LogP contribution in [0, 0.1) is 12.8 Å². The van der Waals surface area contributed by atoms with Gasteiger partial charge in [-0.2, -0.15) is 0 Å². The Hall–Kier alpha value is -1.65. The lowest BCUT2D eigenvalue weighted by Gasteiger charge is -2.16. The van der Waals surface area contributed by atoms with Crippen LogP contribution in [-0.2, 0) is 4.79 Å². The van der Waals surface area contributed by atoms with Gasteiger partial charge in [-0.3, -0.25) is 9.78 Å². The fraction of sp³-hybridized carbons (Fsp3) is 0.375. The highest BCUT2D eigenvalue weighted by atomic mass is 35.5. The fourth-order valence-corrected chi connectivity index (χ4v) is 2.65. The van der Waals surface area contributed by atoms with Crippen molar-refractivity contribution in [2.24, 2.45) is 11.7 Å². The van der Waals surface area contributed by atoms with Gasteiger partial charge in [0.25, 0.3) is 0 Å². The maximum Gasteiger partial charge on any atom is 0.241 e. The van der Waals surface area contributed by atoms with Gasteiger partial charge >= 0.3 is 0 Å². The van der Waals surface area contributed by atoms with Gasteiger partial charge in [-0.05, 0) is 43.0 Å². The lowest BCUT2D eigenvalue weighted by atomic mass is 10.0. The molecule has 0 aliphatic carbocycles. The Kier molecular flexibility index (Phi) is 4.80. The molecule has 1 aromatic heterocycles. The first kappa shape index (κ1) is 15.7. The number of benzene rings is 1. The number of nitrogens with zero attached hydrogens (tertiary/aromatic N) is 1. The number of pyridine rings is 1. The first-order chi connectivity index (χ1) is 9.90. The summed E-state index contributed by atoms with van der Waals surface area (Å²) in [7, 11) is 0. The minimum absolute atomic E-state index is 0.223. The van der Waals surface area contributed by atoms with Crippen molar-refractivity contribution in [3.63, 3.8) is 0 Å². The monoisotopic (exact) mass is 305 g/mol. The van der Waals surface area contributed by atoms with E-state index in [4.69, 9.17) is 17.3 Å². The molecule has 21 heavy (non-hydrogen) atoms. The first-order valence-corrected chi connectivity index (χ1v) is 7.38. The molecule has 0 unspecified atom stereocenters. The second-order valence-corrected chi connectivity index (χ2v) is 6.08. The van der Waals surface area contributed by atoms with Crippen LogP contribution in [0.5, 0.6) is 0 Å². The zero-order chi connectivity index (χ0) is 15.6. The van der Waals surface area contributed by atoms with E-state index in [0.29, 0.717) is 23.0 Å². The van der Waals surface area contributed by atoms with E-state index in [1.807, 2.05) is 32.9 Å². The Morgan fingerprint density at radius 3 is 2.86 bits per heavy atom. The van der Waals surface area contributed by atoms with Crippen LogP contribution >= 0.6 is 11.6 Å². The third-order valence-electron chi connectivity index (χ3n) is 3.34. The minimum atomic E-state index is -0.547. The number of anilines is 1. The Bertz CT molecular complexity index is 670. The zero-order valence-corrected chi connectivity index (χ0v) is 13.2. The van der Waals surface area contributed by atoms with E-state index < -0.39 is 6.04 Å². The summed E-state index contributed by atoms with van der Waals surface area (Å²) in [5.41, 5.74) is 8.30. The molecule has 0 bridgehead atoms. The molecule has 3 N–H and O–H groups in total. The van der Waals surface area contributed by atoms with Crippen molar-refractivity contribution in [3.8, 4) is 0 Å². The molecule has 112 valence electrons. The van der Waals surface area contributed by atoms with Crippen LogP contribution in [-0.4, -0.2) is 16.9 Å². The van der Waals surface area contributed by atoms with Crippen LogP contribution < -0.4 is 11.1 Å². The topological polar surface area (TPSA) is 68.0 Å². The average molecular weight is 306 g/mol. The number of fused-ring (bicyclic) bond motifs is 1. The molecule has 2 aromatic rings. The third kappa shape index (κ3) is 3.52. The molecule has 0 radical (unpaired) electrons. The van der Waals surface area contributed by atoms with Crippen LogP contribution in [0.25, 0.3) is 10.9 Å². The molecule has 1 heterocycles. The standard InChI is InChI=1S/C16H20ClN3O/c1-9(2)7-13(18)16(21)20-15-11-5-4-6-19-14(11)10(3)8-12(15)17/h4-6,8-9,13H,7,18H2,1-3H3,(H,20,21)/t13-/m0/s1. The SMILES string of the molecule is Cc1cc(Cl)c(NC(=O)[C@@H](N)CC(C)C)c2cccnc12. The number of halogens is 1. The van der Waals surface area contributed by atoms with Gasteiger partial charge in [0.2, 0.25) is 5.91 Å². The molecule has 0 aliphatic heterocycles. The van der Waals surface area contributed by atoms with Crippen molar-refractivity contribution in [2.45, 2.75) is 33.2 Å². The molecule has 0 spiro atoms. The molecular formula is C16H20ClN3O. The summed E-state index contributed by atoms with van der Waals surface area (Å²) in [6, 6.07) is 4.97. The lowest BCUT2D eigenvalue weighted by Crippen LogP contribution is -2.36. The van der Waals surface area contributed by atoms with Gasteiger partial charge in [0, 0.05) is 11.6 Å². The van der Waals surface area contributed by atoms with E-state index in [0.717, 1.165) is 16.5 Å². The molecule has 0 aliphatic rings. The van der Waals surface area contributed by atoms with Crippen LogP contribution in [0.3, 0.4) is 0 Å². The highest BCUT2D eigenvalue weighted by Crippen LogP contribution is 2.32. The molecule has 2 rings (SSSR count). The quantitative estimate of drug-likeness (QED) is 0.908. The summed E-state index contributed by atoms with van der Waals surface area (Å²) < 4.78 is 0. The Balaban J connectivity index is 2.36. The third-order valence-corrected chi connectivity index (χ3v) is 3.64. The fourth-order valence-electron chi connectivity index (χ4n) is 2.34. The molecule has 5 heteroatoms. The highest BCUT2D eigenvalue weighted by Gasteiger charge is 2.18. The van der Waals surface area contributed by atoms with Gasteiger partial charge in [0.1, 0.15) is 0 Å². The molecule has 1 atom stereocenters. The number of hydrogen-bond donors (Lipinski definition) is 2. The summed E-state index contributed by atoms with van der Waals surface area (Å²) in [6.07, 6.45) is 2.35.